The summed E-state index contributed by atoms with van der Waals surface area (Å²) >= 11 is 0. The van der Waals surface area contributed by atoms with Gasteiger partial charge in [0.05, 0.1) is 48.7 Å². The Labute approximate surface area is 363 Å². The van der Waals surface area contributed by atoms with Crippen molar-refractivity contribution in [3.05, 3.63) is 102 Å². The second kappa shape index (κ2) is 17.1. The van der Waals surface area contributed by atoms with Crippen molar-refractivity contribution in [1.29, 1.82) is 0 Å². The minimum atomic E-state index is -1.28. The third-order valence-corrected chi connectivity index (χ3v) is 12.6. The van der Waals surface area contributed by atoms with Crippen LogP contribution in [0, 0.1) is 11.8 Å². The van der Waals surface area contributed by atoms with Gasteiger partial charge in [-0.3, -0.25) is 9.59 Å². The van der Waals surface area contributed by atoms with E-state index in [1.54, 1.807) is 42.5 Å². The van der Waals surface area contributed by atoms with E-state index in [-0.39, 0.29) is 29.7 Å². The Morgan fingerprint density at radius 3 is 2.51 bits per heavy atom. The normalized spacial score (nSPS) is 19.1. The standard InChI is InChI=1S/C47H50N8O8/c1-25(2)39(53-47(60)62-4)44(56)54-16-8-11-36(54)43-49-34-15-13-28-19-33-31-14-12-29(18-30(31)24-63-38(33)20-32(28)41(34)51-43)35-21-48-42(50-35)37-17-26(23-61-3)22-55(37)45(57)40(52-46(58)59)27-9-6-5-7-10-27/h5-7,9-10,12-15,18-21,25-26,36-37,39-40,52H,8,11,16-17,22-24H2,1-4H3,(H,48,50)(H,49,51)(H,53,60)(H,58,59)/t26-,36-,37-,39?,40?/m0/s1. The molecule has 4 aromatic carbocycles. The first-order chi connectivity index (χ1) is 30.5. The molecule has 16 heteroatoms. The van der Waals surface area contributed by atoms with Gasteiger partial charge in [-0.05, 0) is 77.1 Å². The van der Waals surface area contributed by atoms with Crippen LogP contribution in [0.2, 0.25) is 0 Å². The molecule has 0 saturated carbocycles. The number of ether oxygens (including phenoxy) is 3. The molecule has 9 rings (SSSR count). The van der Waals surface area contributed by atoms with E-state index >= 15 is 0 Å². The zero-order chi connectivity index (χ0) is 43.9. The molecule has 6 aromatic rings. The van der Waals surface area contributed by atoms with E-state index in [0.717, 1.165) is 68.3 Å². The van der Waals surface area contributed by atoms with E-state index in [1.807, 2.05) is 43.0 Å². The van der Waals surface area contributed by atoms with Crippen LogP contribution >= 0.6 is 0 Å². The molecule has 3 aliphatic heterocycles. The first-order valence-electron chi connectivity index (χ1n) is 21.3. The van der Waals surface area contributed by atoms with E-state index in [4.69, 9.17) is 24.2 Å². The van der Waals surface area contributed by atoms with Crippen molar-refractivity contribution in [3.8, 4) is 28.1 Å². The van der Waals surface area contributed by atoms with Crippen LogP contribution in [0.5, 0.6) is 5.75 Å². The number of amides is 4. The number of methoxy groups -OCH3 is 2. The molecule has 326 valence electrons. The van der Waals surface area contributed by atoms with E-state index in [0.29, 0.717) is 49.9 Å². The van der Waals surface area contributed by atoms with Crippen molar-refractivity contribution < 1.29 is 38.5 Å². The van der Waals surface area contributed by atoms with Gasteiger partial charge in [-0.25, -0.2) is 19.6 Å². The van der Waals surface area contributed by atoms with Gasteiger partial charge >= 0.3 is 12.2 Å². The summed E-state index contributed by atoms with van der Waals surface area (Å²) < 4.78 is 16.7. The van der Waals surface area contributed by atoms with E-state index in [9.17, 15) is 24.3 Å². The maximum Gasteiger partial charge on any atom is 0.407 e. The number of alkyl carbamates (subject to hydrolysis) is 1. The van der Waals surface area contributed by atoms with E-state index in [2.05, 4.69) is 44.9 Å². The maximum atomic E-state index is 14.1. The van der Waals surface area contributed by atoms with Gasteiger partial charge in [-0.1, -0.05) is 62.4 Å². The number of H-pyrrole nitrogens is 2. The first-order valence-corrected chi connectivity index (χ1v) is 21.3. The molecular formula is C47H50N8O8. The number of carbonyl (C=O) groups excluding carboxylic acids is 3. The van der Waals surface area contributed by atoms with Crippen molar-refractivity contribution >= 4 is 45.8 Å². The van der Waals surface area contributed by atoms with Crippen LogP contribution in [0.25, 0.3) is 44.2 Å². The summed E-state index contributed by atoms with van der Waals surface area (Å²) in [5.41, 5.74) is 6.92. The summed E-state index contributed by atoms with van der Waals surface area (Å²) in [6, 6.07) is 20.9. The van der Waals surface area contributed by atoms with Crippen molar-refractivity contribution in [2.24, 2.45) is 11.8 Å². The molecule has 0 spiro atoms. The van der Waals surface area contributed by atoms with Crippen LogP contribution in [-0.2, 0) is 25.7 Å². The number of imidazole rings is 2. The summed E-state index contributed by atoms with van der Waals surface area (Å²) in [4.78, 5) is 72.2. The van der Waals surface area contributed by atoms with Gasteiger partial charge in [0.25, 0.3) is 5.91 Å². The number of aromatic amines is 2. The summed E-state index contributed by atoms with van der Waals surface area (Å²) in [6.45, 7) is 5.55. The molecule has 2 saturated heterocycles. The molecule has 5 atom stereocenters. The van der Waals surface area contributed by atoms with Crippen LogP contribution in [-0.4, -0.2) is 98.8 Å². The van der Waals surface area contributed by atoms with Gasteiger partial charge in [-0.15, -0.1) is 0 Å². The van der Waals surface area contributed by atoms with Gasteiger partial charge in [0.1, 0.15) is 36.1 Å². The Kier molecular flexibility index (Phi) is 11.2. The average Bonchev–Trinajstić information content (AvgIpc) is 4.13. The minimum Gasteiger partial charge on any atom is -0.488 e. The highest BCUT2D eigenvalue weighted by molar-refractivity contribution is 6.07. The zero-order valence-corrected chi connectivity index (χ0v) is 35.5. The predicted molar refractivity (Wildman–Crippen MR) is 234 cm³/mol. The smallest absolute Gasteiger partial charge is 0.407 e. The highest BCUT2D eigenvalue weighted by Gasteiger charge is 2.42. The molecule has 3 aliphatic rings. The minimum absolute atomic E-state index is 0.0381. The molecule has 63 heavy (non-hydrogen) atoms. The van der Waals surface area contributed by atoms with Crippen molar-refractivity contribution in [2.75, 3.05) is 33.9 Å². The fraction of sp³-hybridized carbons (Fsp3) is 0.362. The number of likely N-dealkylation sites (tertiary alicyclic amines) is 2. The Morgan fingerprint density at radius 1 is 0.921 bits per heavy atom. The number of hydrogen-bond donors (Lipinski definition) is 5. The Balaban J connectivity index is 0.969. The fourth-order valence-electron chi connectivity index (χ4n) is 9.48. The van der Waals surface area contributed by atoms with Crippen LogP contribution in [0.3, 0.4) is 0 Å². The number of aromatic nitrogens is 4. The summed E-state index contributed by atoms with van der Waals surface area (Å²) in [5.74, 6) is 1.46. The number of benzene rings is 4. The third kappa shape index (κ3) is 7.90. The lowest BCUT2D eigenvalue weighted by atomic mass is 9.92. The maximum absolute atomic E-state index is 14.1. The van der Waals surface area contributed by atoms with Gasteiger partial charge in [0.15, 0.2) is 0 Å². The number of carbonyl (C=O) groups is 4. The number of nitrogens with zero attached hydrogens (tertiary/aromatic N) is 4. The third-order valence-electron chi connectivity index (χ3n) is 12.6. The first kappa shape index (κ1) is 41.4. The molecule has 2 fully saturated rings. The summed E-state index contributed by atoms with van der Waals surface area (Å²) in [5, 5.41) is 16.7. The van der Waals surface area contributed by atoms with E-state index in [1.165, 1.54) is 7.11 Å². The lowest BCUT2D eigenvalue weighted by Crippen LogP contribution is -2.51. The van der Waals surface area contributed by atoms with Crippen molar-refractivity contribution in [2.45, 2.75) is 63.9 Å². The SMILES string of the molecule is COC[C@H]1C[C@@H](c2ncc(-c3ccc4c(c3)COc3cc5c(ccc6[nH]c([C@@H]7CCCN7C(=O)C(NC(=O)OC)C(C)C)nc65)cc3-4)[nH]2)N(C(=O)C(NC(=O)O)c2ccccc2)C1. The summed E-state index contributed by atoms with van der Waals surface area (Å²) in [7, 11) is 2.92. The molecule has 4 amide bonds. The zero-order valence-electron chi connectivity index (χ0n) is 35.5. The monoisotopic (exact) mass is 854 g/mol. The Morgan fingerprint density at radius 2 is 1.75 bits per heavy atom. The van der Waals surface area contributed by atoms with E-state index < -0.39 is 30.3 Å². The predicted octanol–water partition coefficient (Wildman–Crippen LogP) is 7.25. The molecule has 5 N–H and O–H groups in total. The highest BCUT2D eigenvalue weighted by atomic mass is 16.5. The van der Waals surface area contributed by atoms with Crippen molar-refractivity contribution in [3.63, 3.8) is 0 Å². The largest absolute Gasteiger partial charge is 0.488 e. The number of carboxylic acid groups (broad SMARTS) is 1. The van der Waals surface area contributed by atoms with Crippen LogP contribution in [0.4, 0.5) is 9.59 Å². The van der Waals surface area contributed by atoms with Gasteiger partial charge in [-0.2, -0.15) is 0 Å². The molecule has 2 unspecified atom stereocenters. The van der Waals surface area contributed by atoms with Crippen molar-refractivity contribution in [1.82, 2.24) is 40.4 Å². The topological polar surface area (TPSA) is 204 Å². The number of rotatable bonds is 11. The quantitative estimate of drug-likeness (QED) is 0.0883. The molecule has 0 aliphatic carbocycles. The molecule has 0 radical (unpaired) electrons. The molecule has 2 aromatic heterocycles. The second-order valence-electron chi connectivity index (χ2n) is 16.9. The molecular weight excluding hydrogens is 805 g/mol. The summed E-state index contributed by atoms with van der Waals surface area (Å²) in [6.07, 6.45) is 2.02. The highest BCUT2D eigenvalue weighted by Crippen LogP contribution is 2.44. The van der Waals surface area contributed by atoms with Crippen LogP contribution in [0.1, 0.15) is 74.0 Å². The van der Waals surface area contributed by atoms with Gasteiger partial charge in [0, 0.05) is 37.1 Å². The number of nitrogens with one attached hydrogen (secondary N) is 4. The number of hydrogen-bond acceptors (Lipinski definition) is 9. The Bertz CT molecular complexity index is 2710. The lowest BCUT2D eigenvalue weighted by Gasteiger charge is -2.29. The Hall–Kier alpha value is -6.94. The second-order valence-corrected chi connectivity index (χ2v) is 16.9. The van der Waals surface area contributed by atoms with Crippen LogP contribution in [0.15, 0.2) is 79.0 Å². The van der Waals surface area contributed by atoms with Gasteiger partial charge in [0.2, 0.25) is 5.91 Å². The van der Waals surface area contributed by atoms with Crippen LogP contribution < -0.4 is 15.4 Å². The molecule has 0 bridgehead atoms. The average molecular weight is 855 g/mol. The molecule has 5 heterocycles. The lowest BCUT2D eigenvalue weighted by molar-refractivity contribution is -0.136. The fourth-order valence-corrected chi connectivity index (χ4v) is 9.48. The molecule has 16 nitrogen and oxygen atoms in total. The van der Waals surface area contributed by atoms with Gasteiger partial charge < -0.3 is 49.7 Å². The number of fused-ring (bicyclic) bond motifs is 6.